The third-order valence-electron chi connectivity index (χ3n) is 6.32. The van der Waals surface area contributed by atoms with Crippen molar-refractivity contribution < 1.29 is 0 Å². The minimum atomic E-state index is 0.723. The van der Waals surface area contributed by atoms with E-state index in [0.717, 1.165) is 42.7 Å². The van der Waals surface area contributed by atoms with E-state index in [1.807, 2.05) is 0 Å². The molecule has 0 aromatic heterocycles. The number of nitrogens with one attached hydrogen (secondary N) is 2. The fourth-order valence-corrected chi connectivity index (χ4v) is 5.05. The van der Waals surface area contributed by atoms with Crippen molar-refractivity contribution in [1.82, 2.24) is 10.6 Å². The van der Waals surface area contributed by atoms with Crippen LogP contribution in [0, 0.1) is 23.7 Å². The Morgan fingerprint density at radius 1 is 1.14 bits per heavy atom. The lowest BCUT2D eigenvalue weighted by Crippen LogP contribution is -2.32. The van der Waals surface area contributed by atoms with E-state index in [-0.39, 0.29) is 0 Å². The van der Waals surface area contributed by atoms with Crippen LogP contribution in [0.4, 0.5) is 0 Å². The summed E-state index contributed by atoms with van der Waals surface area (Å²) in [7, 11) is 0. The first kappa shape index (κ1) is 13.8. The highest BCUT2D eigenvalue weighted by atomic mass is 15.0. The zero-order valence-electron chi connectivity index (χ0n) is 13.1. The standard InChI is InChI=1S/C18H29N3/c1-2-4-13(3-1)12-21-18-11-14(5-8-20-18)16-9-15-6-7-19-17(15)10-16/h5,8,13-17,19H,1-4,6-7,9-12H2,(H,20,21)/t14?,15-,16?,17+/m1/s1. The van der Waals surface area contributed by atoms with Crippen LogP contribution in [0.3, 0.4) is 0 Å². The summed E-state index contributed by atoms with van der Waals surface area (Å²) in [5.74, 6) is 4.70. The summed E-state index contributed by atoms with van der Waals surface area (Å²) in [5.41, 5.74) is 0. The normalized spacial score (nSPS) is 39.5. The summed E-state index contributed by atoms with van der Waals surface area (Å²) in [6.07, 6.45) is 15.5. The summed E-state index contributed by atoms with van der Waals surface area (Å²) in [5, 5.41) is 7.34. The number of hydrogen-bond acceptors (Lipinski definition) is 3. The SMILES string of the molecule is C1=CC(C2C[C@H]3CCN[C@H]3C2)CC(NCC2CCCC2)=N1. The highest BCUT2D eigenvalue weighted by molar-refractivity contribution is 5.83. The Morgan fingerprint density at radius 2 is 2.05 bits per heavy atom. The van der Waals surface area contributed by atoms with Crippen molar-refractivity contribution in [2.24, 2.45) is 28.7 Å². The van der Waals surface area contributed by atoms with Crippen LogP contribution in [-0.4, -0.2) is 25.0 Å². The molecule has 2 N–H and O–H groups in total. The smallest absolute Gasteiger partial charge is 0.102 e. The summed E-state index contributed by atoms with van der Waals surface area (Å²) in [4.78, 5) is 4.59. The topological polar surface area (TPSA) is 36.4 Å². The monoisotopic (exact) mass is 287 g/mol. The van der Waals surface area contributed by atoms with Crippen LogP contribution in [-0.2, 0) is 0 Å². The maximum atomic E-state index is 4.59. The molecule has 3 nitrogen and oxygen atoms in total. The minimum absolute atomic E-state index is 0.723. The molecular formula is C18H29N3. The summed E-state index contributed by atoms with van der Waals surface area (Å²) < 4.78 is 0. The lowest BCUT2D eigenvalue weighted by Gasteiger charge is -2.25. The highest BCUT2D eigenvalue weighted by Gasteiger charge is 2.40. The Hall–Kier alpha value is -0.830. The van der Waals surface area contributed by atoms with Gasteiger partial charge in [0.05, 0.1) is 0 Å². The minimum Gasteiger partial charge on any atom is -0.373 e. The molecule has 4 atom stereocenters. The van der Waals surface area contributed by atoms with Crippen LogP contribution in [0.25, 0.3) is 0 Å². The molecule has 3 fully saturated rings. The van der Waals surface area contributed by atoms with Gasteiger partial charge in [-0.1, -0.05) is 18.9 Å². The van der Waals surface area contributed by atoms with E-state index in [1.54, 1.807) is 0 Å². The molecule has 4 rings (SSSR count). The second kappa shape index (κ2) is 6.12. The third-order valence-corrected chi connectivity index (χ3v) is 6.32. The molecule has 0 amide bonds. The van der Waals surface area contributed by atoms with Gasteiger partial charge in [0.2, 0.25) is 0 Å². The van der Waals surface area contributed by atoms with Crippen molar-refractivity contribution >= 4 is 5.84 Å². The predicted octanol–water partition coefficient (Wildman–Crippen LogP) is 3.09. The van der Waals surface area contributed by atoms with Gasteiger partial charge in [-0.15, -0.1) is 0 Å². The van der Waals surface area contributed by atoms with E-state index in [2.05, 4.69) is 27.9 Å². The third kappa shape index (κ3) is 3.03. The zero-order valence-corrected chi connectivity index (χ0v) is 13.1. The predicted molar refractivity (Wildman–Crippen MR) is 87.3 cm³/mol. The molecule has 116 valence electrons. The first-order valence-electron chi connectivity index (χ1n) is 9.09. The molecule has 0 spiro atoms. The van der Waals surface area contributed by atoms with Gasteiger partial charge >= 0.3 is 0 Å². The van der Waals surface area contributed by atoms with Gasteiger partial charge in [-0.05, 0) is 62.3 Å². The Morgan fingerprint density at radius 3 is 2.90 bits per heavy atom. The second-order valence-corrected chi connectivity index (χ2v) is 7.66. The molecule has 2 heterocycles. The number of hydrogen-bond donors (Lipinski definition) is 2. The molecule has 2 aliphatic heterocycles. The molecular weight excluding hydrogens is 258 g/mol. The van der Waals surface area contributed by atoms with Gasteiger partial charge in [-0.2, -0.15) is 0 Å². The van der Waals surface area contributed by atoms with Crippen LogP contribution in [0.1, 0.15) is 51.4 Å². The Bertz CT molecular complexity index is 410. The van der Waals surface area contributed by atoms with Gasteiger partial charge < -0.3 is 10.6 Å². The van der Waals surface area contributed by atoms with E-state index in [9.17, 15) is 0 Å². The fourth-order valence-electron chi connectivity index (χ4n) is 5.05. The van der Waals surface area contributed by atoms with Crippen molar-refractivity contribution in [3.05, 3.63) is 12.3 Å². The lowest BCUT2D eigenvalue weighted by atomic mass is 9.85. The number of fused-ring (bicyclic) bond motifs is 1. The number of nitrogens with zero attached hydrogens (tertiary/aromatic N) is 1. The van der Waals surface area contributed by atoms with Gasteiger partial charge in [-0.3, -0.25) is 0 Å². The molecule has 0 bridgehead atoms. The fraction of sp³-hybridized carbons (Fsp3) is 0.833. The second-order valence-electron chi connectivity index (χ2n) is 7.66. The molecule has 4 aliphatic rings. The maximum absolute atomic E-state index is 4.59. The summed E-state index contributed by atoms with van der Waals surface area (Å²) >= 11 is 0. The number of amidine groups is 1. The van der Waals surface area contributed by atoms with Crippen molar-refractivity contribution in [2.45, 2.75) is 57.4 Å². The molecule has 2 aliphatic carbocycles. The van der Waals surface area contributed by atoms with Crippen LogP contribution < -0.4 is 10.6 Å². The highest BCUT2D eigenvalue weighted by Crippen LogP contribution is 2.42. The molecule has 0 aromatic rings. The molecule has 2 unspecified atom stereocenters. The van der Waals surface area contributed by atoms with Gasteiger partial charge in [0.1, 0.15) is 5.84 Å². The van der Waals surface area contributed by atoms with Crippen LogP contribution in [0.2, 0.25) is 0 Å². The van der Waals surface area contributed by atoms with Crippen molar-refractivity contribution in [2.75, 3.05) is 13.1 Å². The quantitative estimate of drug-likeness (QED) is 0.837. The average Bonchev–Trinajstić information content (AvgIpc) is 3.22. The van der Waals surface area contributed by atoms with E-state index < -0.39 is 0 Å². The van der Waals surface area contributed by atoms with Crippen LogP contribution >= 0.6 is 0 Å². The number of rotatable bonds is 3. The maximum Gasteiger partial charge on any atom is 0.102 e. The van der Waals surface area contributed by atoms with Crippen molar-refractivity contribution in [3.63, 3.8) is 0 Å². The van der Waals surface area contributed by atoms with E-state index in [4.69, 9.17) is 0 Å². The van der Waals surface area contributed by atoms with Gasteiger partial charge in [0.15, 0.2) is 0 Å². The Labute approximate surface area is 128 Å². The molecule has 0 aromatic carbocycles. The Balaban J connectivity index is 1.28. The van der Waals surface area contributed by atoms with Crippen molar-refractivity contribution in [1.29, 1.82) is 0 Å². The largest absolute Gasteiger partial charge is 0.373 e. The van der Waals surface area contributed by atoms with E-state index in [0.29, 0.717) is 0 Å². The molecule has 2 saturated carbocycles. The first-order valence-corrected chi connectivity index (χ1v) is 9.09. The molecule has 1 saturated heterocycles. The lowest BCUT2D eigenvalue weighted by molar-refractivity contribution is 0.381. The molecule has 0 radical (unpaired) electrons. The molecule has 21 heavy (non-hydrogen) atoms. The van der Waals surface area contributed by atoms with Crippen LogP contribution in [0.15, 0.2) is 17.3 Å². The number of aliphatic imine (C=N–C) groups is 1. The number of allylic oxidation sites excluding steroid dienone is 1. The van der Waals surface area contributed by atoms with Gasteiger partial charge in [0, 0.05) is 25.2 Å². The zero-order chi connectivity index (χ0) is 14.1. The van der Waals surface area contributed by atoms with Crippen LogP contribution in [0.5, 0.6) is 0 Å². The van der Waals surface area contributed by atoms with Gasteiger partial charge in [0.25, 0.3) is 0 Å². The van der Waals surface area contributed by atoms with E-state index in [1.165, 1.54) is 57.3 Å². The Kier molecular flexibility index (Phi) is 4.02. The summed E-state index contributed by atoms with van der Waals surface area (Å²) in [6.45, 7) is 2.40. The first-order chi connectivity index (χ1) is 10.4. The van der Waals surface area contributed by atoms with Crippen molar-refractivity contribution in [3.8, 4) is 0 Å². The van der Waals surface area contributed by atoms with E-state index >= 15 is 0 Å². The van der Waals surface area contributed by atoms with Gasteiger partial charge in [-0.25, -0.2) is 4.99 Å². The average molecular weight is 287 g/mol. The summed E-state index contributed by atoms with van der Waals surface area (Å²) in [6, 6.07) is 0.817. The molecule has 3 heteroatoms.